The maximum absolute atomic E-state index is 10.2. The van der Waals surface area contributed by atoms with Crippen LogP contribution in [0.3, 0.4) is 0 Å². The normalized spacial score (nSPS) is 8.11. The number of H-pyrrole nitrogens is 2. The quantitative estimate of drug-likeness (QED) is 0.701. The Kier molecular flexibility index (Phi) is 8.55. The SMILES string of the molecule is C=C(C)C.O=c1cccc[nH]1.O=c1cccc[nH]1. The third-order valence-corrected chi connectivity index (χ3v) is 1.36. The number of aromatic nitrogens is 2. The van der Waals surface area contributed by atoms with Crippen LogP contribution in [0.5, 0.6) is 0 Å². The van der Waals surface area contributed by atoms with Crippen molar-refractivity contribution in [3.63, 3.8) is 0 Å². The second kappa shape index (κ2) is 9.84. The van der Waals surface area contributed by atoms with Crippen LogP contribution in [0.1, 0.15) is 13.8 Å². The summed E-state index contributed by atoms with van der Waals surface area (Å²) >= 11 is 0. The Morgan fingerprint density at radius 1 is 0.889 bits per heavy atom. The molecule has 0 unspecified atom stereocenters. The van der Waals surface area contributed by atoms with Crippen LogP contribution >= 0.6 is 0 Å². The minimum absolute atomic E-state index is 0.0532. The molecule has 0 fully saturated rings. The predicted molar refractivity (Wildman–Crippen MR) is 74.6 cm³/mol. The molecule has 2 heterocycles. The summed E-state index contributed by atoms with van der Waals surface area (Å²) in [7, 11) is 0. The van der Waals surface area contributed by atoms with Crippen LogP contribution in [0.25, 0.3) is 0 Å². The van der Waals surface area contributed by atoms with E-state index in [2.05, 4.69) is 16.5 Å². The van der Waals surface area contributed by atoms with Gasteiger partial charge in [-0.05, 0) is 26.0 Å². The van der Waals surface area contributed by atoms with Gasteiger partial charge >= 0.3 is 0 Å². The molecular weight excluding hydrogens is 228 g/mol. The second-order valence-electron chi connectivity index (χ2n) is 3.66. The molecule has 0 spiro atoms. The monoisotopic (exact) mass is 246 g/mol. The summed E-state index contributed by atoms with van der Waals surface area (Å²) < 4.78 is 0. The molecule has 18 heavy (non-hydrogen) atoms. The molecule has 0 amide bonds. The minimum atomic E-state index is -0.0532. The number of pyridine rings is 2. The fourth-order valence-corrected chi connectivity index (χ4v) is 0.754. The van der Waals surface area contributed by atoms with Gasteiger partial charge in [0.25, 0.3) is 0 Å². The van der Waals surface area contributed by atoms with Gasteiger partial charge in [-0.2, -0.15) is 0 Å². The van der Waals surface area contributed by atoms with Crippen LogP contribution in [0.4, 0.5) is 0 Å². The Hall–Kier alpha value is -2.36. The number of hydrogen-bond donors (Lipinski definition) is 2. The molecule has 2 N–H and O–H groups in total. The lowest BCUT2D eigenvalue weighted by Gasteiger charge is -1.73. The summed E-state index contributed by atoms with van der Waals surface area (Å²) in [4.78, 5) is 25.4. The van der Waals surface area contributed by atoms with E-state index in [-0.39, 0.29) is 11.1 Å². The first kappa shape index (κ1) is 15.6. The highest BCUT2D eigenvalue weighted by molar-refractivity contribution is 4.89. The van der Waals surface area contributed by atoms with E-state index < -0.39 is 0 Å². The van der Waals surface area contributed by atoms with Gasteiger partial charge in [-0.1, -0.05) is 17.7 Å². The van der Waals surface area contributed by atoms with Crippen molar-refractivity contribution in [2.24, 2.45) is 0 Å². The van der Waals surface area contributed by atoms with E-state index in [1.807, 2.05) is 13.8 Å². The summed E-state index contributed by atoms with van der Waals surface area (Å²) in [5.41, 5.74) is 1.06. The molecule has 2 rings (SSSR count). The van der Waals surface area contributed by atoms with Gasteiger partial charge in [-0.25, -0.2) is 0 Å². The molecule has 0 aromatic carbocycles. The van der Waals surface area contributed by atoms with Gasteiger partial charge in [0.2, 0.25) is 11.1 Å². The number of rotatable bonds is 0. The molecule has 0 radical (unpaired) electrons. The van der Waals surface area contributed by atoms with E-state index in [1.165, 1.54) is 17.7 Å². The standard InChI is InChI=1S/2C5H5NO.C4H8/c2*7-5-3-1-2-4-6-5;1-4(2)3/h2*1-4H,(H,6,7);1H2,2-3H3. The third kappa shape index (κ3) is 11.7. The van der Waals surface area contributed by atoms with Crippen LogP contribution < -0.4 is 11.1 Å². The summed E-state index contributed by atoms with van der Waals surface area (Å²) in [5.74, 6) is 0. The Labute approximate surface area is 106 Å². The summed E-state index contributed by atoms with van der Waals surface area (Å²) in [6.07, 6.45) is 3.20. The molecule has 4 nitrogen and oxygen atoms in total. The number of hydrogen-bond acceptors (Lipinski definition) is 2. The van der Waals surface area contributed by atoms with Crippen LogP contribution in [0.15, 0.2) is 70.5 Å². The van der Waals surface area contributed by atoms with E-state index in [0.29, 0.717) is 0 Å². The van der Waals surface area contributed by atoms with Gasteiger partial charge in [-0.3, -0.25) is 9.59 Å². The molecule has 0 aliphatic rings. The highest BCUT2D eigenvalue weighted by Crippen LogP contribution is 1.73. The van der Waals surface area contributed by atoms with Crippen LogP contribution in [0.2, 0.25) is 0 Å². The molecule has 0 saturated heterocycles. The maximum Gasteiger partial charge on any atom is 0.247 e. The zero-order valence-electron chi connectivity index (χ0n) is 10.6. The zero-order valence-corrected chi connectivity index (χ0v) is 10.6. The van der Waals surface area contributed by atoms with Crippen molar-refractivity contribution in [3.8, 4) is 0 Å². The lowest BCUT2D eigenvalue weighted by molar-refractivity contribution is 1.24. The molecule has 2 aromatic rings. The highest BCUT2D eigenvalue weighted by atomic mass is 16.1. The van der Waals surface area contributed by atoms with Gasteiger partial charge in [0.05, 0.1) is 0 Å². The van der Waals surface area contributed by atoms with Gasteiger partial charge in [0.1, 0.15) is 0 Å². The fraction of sp³-hybridized carbons (Fsp3) is 0.143. The first-order valence-electron chi connectivity index (χ1n) is 5.42. The molecule has 0 bridgehead atoms. The summed E-state index contributed by atoms with van der Waals surface area (Å²) in [5, 5.41) is 0. The van der Waals surface area contributed by atoms with Gasteiger partial charge in [-0.15, -0.1) is 6.58 Å². The Bertz CT molecular complexity index is 471. The van der Waals surface area contributed by atoms with Gasteiger partial charge in [0, 0.05) is 24.5 Å². The van der Waals surface area contributed by atoms with E-state index in [1.54, 1.807) is 36.7 Å². The first-order chi connectivity index (χ1) is 8.52. The molecule has 0 aliphatic carbocycles. The minimum Gasteiger partial charge on any atom is -0.329 e. The molecule has 0 atom stereocenters. The van der Waals surface area contributed by atoms with Crippen LogP contribution in [-0.4, -0.2) is 9.97 Å². The Balaban J connectivity index is 0.000000253. The second-order valence-corrected chi connectivity index (χ2v) is 3.66. The van der Waals surface area contributed by atoms with Gasteiger partial charge < -0.3 is 9.97 Å². The smallest absolute Gasteiger partial charge is 0.247 e. The topological polar surface area (TPSA) is 65.7 Å². The predicted octanol–water partition coefficient (Wildman–Crippen LogP) is 2.33. The largest absolute Gasteiger partial charge is 0.329 e. The highest BCUT2D eigenvalue weighted by Gasteiger charge is 1.70. The van der Waals surface area contributed by atoms with Crippen molar-refractivity contribution in [1.29, 1.82) is 0 Å². The number of nitrogens with one attached hydrogen (secondary N) is 2. The number of allylic oxidation sites excluding steroid dienone is 1. The lowest BCUT2D eigenvalue weighted by atomic mass is 10.4. The van der Waals surface area contributed by atoms with E-state index in [4.69, 9.17) is 0 Å². The third-order valence-electron chi connectivity index (χ3n) is 1.36. The Morgan fingerprint density at radius 3 is 1.33 bits per heavy atom. The first-order valence-corrected chi connectivity index (χ1v) is 5.42. The molecule has 2 aromatic heterocycles. The molecule has 96 valence electrons. The zero-order chi connectivity index (χ0) is 13.8. The van der Waals surface area contributed by atoms with Crippen molar-refractivity contribution in [2.75, 3.05) is 0 Å². The van der Waals surface area contributed by atoms with E-state index >= 15 is 0 Å². The molecule has 4 heteroatoms. The summed E-state index contributed by atoms with van der Waals surface area (Å²) in [6.45, 7) is 7.50. The average Bonchev–Trinajstić information content (AvgIpc) is 2.31. The maximum atomic E-state index is 10.2. The van der Waals surface area contributed by atoms with Crippen molar-refractivity contribution in [3.05, 3.63) is 81.7 Å². The lowest BCUT2D eigenvalue weighted by Crippen LogP contribution is -1.98. The fourth-order valence-electron chi connectivity index (χ4n) is 0.754. The van der Waals surface area contributed by atoms with Crippen molar-refractivity contribution in [1.82, 2.24) is 9.97 Å². The van der Waals surface area contributed by atoms with Crippen LogP contribution in [0, 0.1) is 0 Å². The molecule has 0 saturated carbocycles. The van der Waals surface area contributed by atoms with E-state index in [0.717, 1.165) is 0 Å². The van der Waals surface area contributed by atoms with Crippen molar-refractivity contribution >= 4 is 0 Å². The van der Waals surface area contributed by atoms with Gasteiger partial charge in [0.15, 0.2) is 0 Å². The number of aromatic amines is 2. The Morgan fingerprint density at radius 2 is 1.22 bits per heavy atom. The van der Waals surface area contributed by atoms with Crippen molar-refractivity contribution < 1.29 is 0 Å². The van der Waals surface area contributed by atoms with Crippen molar-refractivity contribution in [2.45, 2.75) is 13.8 Å². The summed E-state index contributed by atoms with van der Waals surface area (Å²) in [6, 6.07) is 9.86. The van der Waals surface area contributed by atoms with Crippen LogP contribution in [-0.2, 0) is 0 Å². The van der Waals surface area contributed by atoms with E-state index in [9.17, 15) is 9.59 Å². The average molecular weight is 246 g/mol. The molecular formula is C14H18N2O2. The molecule has 0 aliphatic heterocycles.